The number of hydrogen-bond acceptors (Lipinski definition) is 8. The molecule has 3 aliphatic heterocycles. The van der Waals surface area contributed by atoms with E-state index in [9.17, 15) is 27.6 Å². The first-order valence-electron chi connectivity index (χ1n) is 19.0. The number of allylic oxidation sites excluding steroid dienone is 1. The highest BCUT2D eigenvalue weighted by molar-refractivity contribution is 7.91. The van der Waals surface area contributed by atoms with Crippen LogP contribution in [-0.4, -0.2) is 82.1 Å². The van der Waals surface area contributed by atoms with E-state index in [1.807, 2.05) is 64.1 Å². The van der Waals surface area contributed by atoms with Crippen molar-refractivity contribution in [1.82, 2.24) is 30.6 Å². The number of urea groups is 1. The first-order chi connectivity index (χ1) is 24.9. The molecule has 5 amide bonds. The molecule has 0 radical (unpaired) electrons. The van der Waals surface area contributed by atoms with Gasteiger partial charge in [-0.15, -0.1) is 0 Å². The molecule has 0 unspecified atom stereocenters. The predicted molar refractivity (Wildman–Crippen MR) is 199 cm³/mol. The number of pyridine rings is 1. The van der Waals surface area contributed by atoms with Crippen molar-refractivity contribution in [3.8, 4) is 5.75 Å². The average Bonchev–Trinajstić information content (AvgIpc) is 3.97. The van der Waals surface area contributed by atoms with E-state index >= 15 is 0 Å². The summed E-state index contributed by atoms with van der Waals surface area (Å²) >= 11 is 0. The molecule has 1 aromatic carbocycles. The van der Waals surface area contributed by atoms with Crippen LogP contribution in [0.3, 0.4) is 0 Å². The van der Waals surface area contributed by atoms with Crippen molar-refractivity contribution in [2.24, 2.45) is 5.92 Å². The van der Waals surface area contributed by atoms with E-state index in [4.69, 9.17) is 9.72 Å². The van der Waals surface area contributed by atoms with Gasteiger partial charge < -0.3 is 25.6 Å². The van der Waals surface area contributed by atoms with Gasteiger partial charge in [0.2, 0.25) is 21.8 Å². The Morgan fingerprint density at radius 2 is 1.81 bits per heavy atom. The van der Waals surface area contributed by atoms with Crippen molar-refractivity contribution in [3.05, 3.63) is 47.7 Å². The second-order valence-electron chi connectivity index (χ2n) is 17.1. The van der Waals surface area contributed by atoms with Gasteiger partial charge in [-0.1, -0.05) is 43.2 Å². The molecule has 3 fully saturated rings. The molecule has 5 atom stereocenters. The molecule has 5 aliphatic rings. The quantitative estimate of drug-likeness (QED) is 0.339. The Balaban J connectivity index is 1.23. The standard InChI is InChI=1S/C39H52N6O7S/c1-24-31-27(26-14-11-12-15-28(26)40-24)17-18-38(52-31)22-30-32(46)42-39(34(48)44-53(50,51)37(5)19-20-37)21-25(39)13-9-7-6-8-10-16-29(33(47)45(30)23-38)41-35(49)43-36(2,3)4/h9,11-15,25,29-30H,6-8,10,16-23H2,1-5H3,(H,42,46)(H,44,48)(H2,41,43,49)/b13-9-/t25-,29-,30-,38+,39+/m0/s1. The normalized spacial score (nSPS) is 30.4. The van der Waals surface area contributed by atoms with Crippen LogP contribution in [0, 0.1) is 12.8 Å². The summed E-state index contributed by atoms with van der Waals surface area (Å²) in [4.78, 5) is 62.7. The summed E-state index contributed by atoms with van der Waals surface area (Å²) in [6.45, 7) is 9.15. The van der Waals surface area contributed by atoms with Crippen LogP contribution in [0.25, 0.3) is 10.9 Å². The van der Waals surface area contributed by atoms with Gasteiger partial charge in [0, 0.05) is 28.8 Å². The van der Waals surface area contributed by atoms with Gasteiger partial charge >= 0.3 is 6.03 Å². The third-order valence-corrected chi connectivity index (χ3v) is 13.8. The summed E-state index contributed by atoms with van der Waals surface area (Å²) in [5, 5.41) is 9.74. The Bertz CT molecular complexity index is 1990. The van der Waals surface area contributed by atoms with Crippen molar-refractivity contribution in [2.75, 3.05) is 6.54 Å². The second-order valence-corrected chi connectivity index (χ2v) is 19.3. The Morgan fingerprint density at radius 1 is 1.06 bits per heavy atom. The monoisotopic (exact) mass is 748 g/mol. The van der Waals surface area contributed by atoms with Crippen molar-refractivity contribution < 1.29 is 32.3 Å². The number of sulfonamides is 1. The van der Waals surface area contributed by atoms with E-state index in [0.717, 1.165) is 29.3 Å². The summed E-state index contributed by atoms with van der Waals surface area (Å²) < 4.78 is 34.5. The number of amides is 5. The molecule has 2 aromatic rings. The highest BCUT2D eigenvalue weighted by atomic mass is 32.2. The molecule has 0 bridgehead atoms. The number of hydrogen-bond donors (Lipinski definition) is 4. The minimum atomic E-state index is -3.97. The number of nitrogens with zero attached hydrogens (tertiary/aromatic N) is 2. The van der Waals surface area contributed by atoms with Gasteiger partial charge in [-0.3, -0.25) is 19.1 Å². The number of fused-ring (bicyclic) bond motifs is 5. The molecule has 13 nitrogen and oxygen atoms in total. The van der Waals surface area contributed by atoms with E-state index < -0.39 is 73.2 Å². The summed E-state index contributed by atoms with van der Waals surface area (Å²) in [7, 11) is -3.97. The molecular formula is C39H52N6O7S. The van der Waals surface area contributed by atoms with Crippen molar-refractivity contribution in [1.29, 1.82) is 0 Å². The van der Waals surface area contributed by atoms with Crippen LogP contribution in [-0.2, 0) is 30.8 Å². The molecule has 4 N–H and O–H groups in total. The molecular weight excluding hydrogens is 697 g/mol. The van der Waals surface area contributed by atoms with Gasteiger partial charge in [-0.25, -0.2) is 18.2 Å². The fraction of sp³-hybridized carbons (Fsp3) is 0.615. The number of aryl methyl sites for hydroxylation is 2. The van der Waals surface area contributed by atoms with Crippen molar-refractivity contribution in [2.45, 2.75) is 139 Å². The maximum atomic E-state index is 14.7. The van der Waals surface area contributed by atoms with Crippen molar-refractivity contribution in [3.63, 3.8) is 0 Å². The third kappa shape index (κ3) is 7.23. The van der Waals surface area contributed by atoms with E-state index in [0.29, 0.717) is 56.4 Å². The fourth-order valence-corrected chi connectivity index (χ4v) is 9.49. The molecule has 2 aliphatic carbocycles. The van der Waals surface area contributed by atoms with Crippen LogP contribution < -0.4 is 25.4 Å². The van der Waals surface area contributed by atoms with Crippen LogP contribution in [0.4, 0.5) is 4.79 Å². The first-order valence-corrected chi connectivity index (χ1v) is 20.5. The van der Waals surface area contributed by atoms with Gasteiger partial charge in [0.1, 0.15) is 29.0 Å². The average molecular weight is 749 g/mol. The smallest absolute Gasteiger partial charge is 0.315 e. The molecule has 7 rings (SSSR count). The number of para-hydroxylation sites is 1. The molecule has 2 saturated carbocycles. The van der Waals surface area contributed by atoms with E-state index in [1.54, 1.807) is 6.92 Å². The number of nitrogens with one attached hydrogen (secondary N) is 4. The third-order valence-electron chi connectivity index (χ3n) is 11.7. The number of rotatable bonds is 4. The molecule has 4 heterocycles. The Kier molecular flexibility index (Phi) is 9.30. The lowest BCUT2D eigenvalue weighted by molar-refractivity contribution is -0.141. The van der Waals surface area contributed by atoms with Gasteiger partial charge in [-0.05, 0) is 92.1 Å². The van der Waals surface area contributed by atoms with Gasteiger partial charge in [0.05, 0.1) is 22.5 Å². The largest absolute Gasteiger partial charge is 0.483 e. The number of carbonyl (C=O) groups is 4. The molecule has 14 heteroatoms. The SMILES string of the molecule is Cc1nc2ccccc2c2c1O[C@]1(CC2)C[C@H]2C(=O)N[C@]3(C(=O)NS(=O)(=O)C4(C)CC4)C[C@@H]3/C=C\CCCCC[C@H](NC(=O)NC(C)(C)C)C(=O)N2C1. The molecule has 1 aromatic heterocycles. The number of ether oxygens (including phenoxy) is 1. The number of aromatic nitrogens is 1. The summed E-state index contributed by atoms with van der Waals surface area (Å²) in [6, 6.07) is 5.45. The second kappa shape index (κ2) is 13.3. The van der Waals surface area contributed by atoms with Gasteiger partial charge in [0.25, 0.3) is 5.91 Å². The lowest BCUT2D eigenvalue weighted by atomic mass is 9.87. The van der Waals surface area contributed by atoms with Gasteiger partial charge in [0.15, 0.2) is 0 Å². The zero-order valence-electron chi connectivity index (χ0n) is 31.3. The van der Waals surface area contributed by atoms with Crippen LogP contribution in [0.5, 0.6) is 5.75 Å². The zero-order chi connectivity index (χ0) is 38.0. The zero-order valence-corrected chi connectivity index (χ0v) is 32.2. The fourth-order valence-electron chi connectivity index (χ4n) is 8.18. The summed E-state index contributed by atoms with van der Waals surface area (Å²) in [6.07, 6.45) is 9.71. The molecule has 53 heavy (non-hydrogen) atoms. The lowest BCUT2D eigenvalue weighted by Gasteiger charge is -2.36. The number of carbonyl (C=O) groups excluding carboxylic acids is 4. The Hall–Kier alpha value is -4.20. The van der Waals surface area contributed by atoms with Crippen LogP contribution >= 0.6 is 0 Å². The Labute approximate surface area is 311 Å². The highest BCUT2D eigenvalue weighted by Crippen LogP contribution is 2.49. The topological polar surface area (TPSA) is 176 Å². The maximum Gasteiger partial charge on any atom is 0.315 e. The minimum absolute atomic E-state index is 0.0873. The molecule has 286 valence electrons. The highest BCUT2D eigenvalue weighted by Gasteiger charge is 2.64. The van der Waals surface area contributed by atoms with Crippen LogP contribution in [0.1, 0.15) is 103 Å². The lowest BCUT2D eigenvalue weighted by Crippen LogP contribution is -2.59. The van der Waals surface area contributed by atoms with Crippen LogP contribution in [0.2, 0.25) is 0 Å². The van der Waals surface area contributed by atoms with Gasteiger partial charge in [-0.2, -0.15) is 0 Å². The maximum absolute atomic E-state index is 14.7. The minimum Gasteiger partial charge on any atom is -0.483 e. The first kappa shape index (κ1) is 37.1. The van der Waals surface area contributed by atoms with Crippen molar-refractivity contribution >= 4 is 44.7 Å². The number of benzene rings is 1. The summed E-state index contributed by atoms with van der Waals surface area (Å²) in [5.41, 5.74) is -0.352. The molecule has 1 saturated heterocycles. The van der Waals surface area contributed by atoms with Crippen LogP contribution in [0.15, 0.2) is 36.4 Å². The Morgan fingerprint density at radius 3 is 2.55 bits per heavy atom. The summed E-state index contributed by atoms with van der Waals surface area (Å²) in [5.74, 6) is -1.50. The van der Waals surface area contributed by atoms with E-state index in [1.165, 1.54) is 4.90 Å². The van der Waals surface area contributed by atoms with E-state index in [2.05, 4.69) is 20.7 Å². The molecule has 1 spiro atoms. The van der Waals surface area contributed by atoms with E-state index in [-0.39, 0.29) is 19.4 Å². The predicted octanol–water partition coefficient (Wildman–Crippen LogP) is 4.07.